The summed E-state index contributed by atoms with van der Waals surface area (Å²) in [4.78, 5) is 24.3. The van der Waals surface area contributed by atoms with Crippen molar-refractivity contribution < 1.29 is 9.72 Å². The Morgan fingerprint density at radius 1 is 1.23 bits per heavy atom. The molecule has 1 aliphatic heterocycles. The van der Waals surface area contributed by atoms with Crippen LogP contribution < -0.4 is 4.90 Å². The third-order valence-electron chi connectivity index (χ3n) is 3.54. The maximum Gasteiger partial charge on any atom is 0.269 e. The molecule has 112 valence electrons. The Kier molecular flexibility index (Phi) is 3.85. The van der Waals surface area contributed by atoms with Crippen LogP contribution in [-0.4, -0.2) is 16.6 Å². The second-order valence-electron chi connectivity index (χ2n) is 5.11. The molecule has 22 heavy (non-hydrogen) atoms. The number of aryl methyl sites for hydroxylation is 1. The maximum atomic E-state index is 12.2. The number of rotatable bonds is 3. The zero-order valence-electron chi connectivity index (χ0n) is 11.9. The smallest absolute Gasteiger partial charge is 0.269 e. The number of thioether (sulfide) groups is 1. The SMILES string of the molecule is Cc1cccc(N2C(=O)CS[C@@H]2c2ccc([N+](=O)[O-])cc2)c1. The van der Waals surface area contributed by atoms with Crippen molar-refractivity contribution in [1.29, 1.82) is 0 Å². The summed E-state index contributed by atoms with van der Waals surface area (Å²) in [5.74, 6) is 0.467. The molecular weight excluding hydrogens is 300 g/mol. The molecule has 1 atom stereocenters. The second-order valence-corrected chi connectivity index (χ2v) is 6.18. The van der Waals surface area contributed by atoms with Gasteiger partial charge in [-0.15, -0.1) is 11.8 Å². The van der Waals surface area contributed by atoms with Gasteiger partial charge >= 0.3 is 0 Å². The van der Waals surface area contributed by atoms with Crippen molar-refractivity contribution in [3.8, 4) is 0 Å². The first-order valence-corrected chi connectivity index (χ1v) is 7.86. The highest BCUT2D eigenvalue weighted by atomic mass is 32.2. The number of benzene rings is 2. The van der Waals surface area contributed by atoms with Crippen LogP contribution in [0.25, 0.3) is 0 Å². The molecule has 0 spiro atoms. The zero-order chi connectivity index (χ0) is 15.7. The molecule has 3 rings (SSSR count). The Morgan fingerprint density at radius 2 is 1.95 bits per heavy atom. The number of nitrogens with zero attached hydrogens (tertiary/aromatic N) is 2. The summed E-state index contributed by atoms with van der Waals surface area (Å²) < 4.78 is 0. The van der Waals surface area contributed by atoms with Gasteiger partial charge in [0.25, 0.3) is 5.69 Å². The maximum absolute atomic E-state index is 12.2. The van der Waals surface area contributed by atoms with Crippen LogP contribution in [0.5, 0.6) is 0 Å². The number of hydrogen-bond acceptors (Lipinski definition) is 4. The molecule has 1 amide bonds. The summed E-state index contributed by atoms with van der Waals surface area (Å²) in [6.45, 7) is 1.98. The molecule has 0 aliphatic carbocycles. The van der Waals surface area contributed by atoms with Crippen molar-refractivity contribution in [2.75, 3.05) is 10.7 Å². The Morgan fingerprint density at radius 3 is 2.59 bits per heavy atom. The van der Waals surface area contributed by atoms with Gasteiger partial charge in [0.15, 0.2) is 0 Å². The Labute approximate surface area is 132 Å². The highest BCUT2D eigenvalue weighted by Crippen LogP contribution is 2.42. The van der Waals surface area contributed by atoms with Gasteiger partial charge < -0.3 is 0 Å². The highest BCUT2D eigenvalue weighted by Gasteiger charge is 2.34. The van der Waals surface area contributed by atoms with E-state index < -0.39 is 4.92 Å². The molecule has 0 N–H and O–H groups in total. The normalized spacial score (nSPS) is 17.8. The van der Waals surface area contributed by atoms with E-state index in [0.717, 1.165) is 16.8 Å². The van der Waals surface area contributed by atoms with Gasteiger partial charge in [-0.1, -0.05) is 12.1 Å². The van der Waals surface area contributed by atoms with Crippen molar-refractivity contribution in [2.45, 2.75) is 12.3 Å². The van der Waals surface area contributed by atoms with Crippen molar-refractivity contribution in [3.05, 3.63) is 69.8 Å². The van der Waals surface area contributed by atoms with Gasteiger partial charge in [-0.2, -0.15) is 0 Å². The molecule has 0 unspecified atom stereocenters. The molecule has 0 bridgehead atoms. The van der Waals surface area contributed by atoms with E-state index in [-0.39, 0.29) is 17.0 Å². The number of amides is 1. The predicted octanol–water partition coefficient (Wildman–Crippen LogP) is 3.68. The first-order chi connectivity index (χ1) is 10.6. The minimum absolute atomic E-state index is 0.0546. The van der Waals surface area contributed by atoms with Crippen LogP contribution in [0.3, 0.4) is 0 Å². The van der Waals surface area contributed by atoms with Crippen LogP contribution in [0.4, 0.5) is 11.4 Å². The summed E-state index contributed by atoms with van der Waals surface area (Å²) in [5, 5.41) is 10.6. The van der Waals surface area contributed by atoms with E-state index in [9.17, 15) is 14.9 Å². The highest BCUT2D eigenvalue weighted by molar-refractivity contribution is 8.00. The second kappa shape index (κ2) is 5.81. The van der Waals surface area contributed by atoms with E-state index in [4.69, 9.17) is 0 Å². The largest absolute Gasteiger partial charge is 0.295 e. The minimum Gasteiger partial charge on any atom is -0.295 e. The molecule has 6 heteroatoms. The van der Waals surface area contributed by atoms with E-state index in [1.165, 1.54) is 23.9 Å². The molecule has 1 saturated heterocycles. The average molecular weight is 314 g/mol. The summed E-state index contributed by atoms with van der Waals surface area (Å²) in [6, 6.07) is 14.2. The van der Waals surface area contributed by atoms with Gasteiger partial charge in [0.2, 0.25) is 5.91 Å². The van der Waals surface area contributed by atoms with Gasteiger partial charge in [0.05, 0.1) is 10.7 Å². The van der Waals surface area contributed by atoms with E-state index in [0.29, 0.717) is 5.75 Å². The van der Waals surface area contributed by atoms with E-state index >= 15 is 0 Å². The van der Waals surface area contributed by atoms with Crippen molar-refractivity contribution in [2.24, 2.45) is 0 Å². The number of nitro benzene ring substituents is 1. The first kappa shape index (κ1) is 14.6. The monoisotopic (exact) mass is 314 g/mol. The van der Waals surface area contributed by atoms with Crippen LogP contribution in [0.2, 0.25) is 0 Å². The molecule has 0 aromatic heterocycles. The molecule has 0 saturated carbocycles. The quantitative estimate of drug-likeness (QED) is 0.640. The van der Waals surface area contributed by atoms with Gasteiger partial charge in [0.1, 0.15) is 5.37 Å². The third-order valence-corrected chi connectivity index (χ3v) is 4.75. The molecule has 2 aromatic carbocycles. The van der Waals surface area contributed by atoms with Crippen LogP contribution >= 0.6 is 11.8 Å². The molecule has 1 heterocycles. The average Bonchev–Trinajstić information content (AvgIpc) is 2.89. The van der Waals surface area contributed by atoms with E-state index in [1.807, 2.05) is 31.2 Å². The van der Waals surface area contributed by atoms with Crippen LogP contribution in [0.15, 0.2) is 48.5 Å². The van der Waals surface area contributed by atoms with Crippen molar-refractivity contribution in [1.82, 2.24) is 0 Å². The fourth-order valence-electron chi connectivity index (χ4n) is 2.49. The third kappa shape index (κ3) is 2.69. The number of non-ortho nitro benzene ring substituents is 1. The topological polar surface area (TPSA) is 63.5 Å². The fraction of sp³-hybridized carbons (Fsp3) is 0.188. The lowest BCUT2D eigenvalue weighted by Gasteiger charge is -2.24. The minimum atomic E-state index is -0.422. The molecule has 0 radical (unpaired) electrons. The number of carbonyl (C=O) groups is 1. The molecular formula is C16H14N2O3S. The number of hydrogen-bond donors (Lipinski definition) is 0. The van der Waals surface area contributed by atoms with Crippen molar-refractivity contribution in [3.63, 3.8) is 0 Å². The summed E-state index contributed by atoms with van der Waals surface area (Å²) >= 11 is 1.53. The Balaban J connectivity index is 1.95. The summed E-state index contributed by atoms with van der Waals surface area (Å²) in [5.41, 5.74) is 2.89. The molecule has 2 aromatic rings. The summed E-state index contributed by atoms with van der Waals surface area (Å²) in [6.07, 6.45) is 0. The first-order valence-electron chi connectivity index (χ1n) is 6.81. The lowest BCUT2D eigenvalue weighted by Crippen LogP contribution is -2.27. The standard InChI is InChI=1S/C16H14N2O3S/c1-11-3-2-4-14(9-11)17-15(19)10-22-16(17)12-5-7-13(8-6-12)18(20)21/h2-9,16H,10H2,1H3/t16-/m1/s1. The van der Waals surface area contributed by atoms with E-state index in [1.54, 1.807) is 17.0 Å². The predicted molar refractivity (Wildman–Crippen MR) is 87.0 cm³/mol. The van der Waals surface area contributed by atoms with Gasteiger partial charge in [0, 0.05) is 17.8 Å². The Bertz CT molecular complexity index is 730. The lowest BCUT2D eigenvalue weighted by atomic mass is 10.1. The van der Waals surface area contributed by atoms with E-state index in [2.05, 4.69) is 0 Å². The fourth-order valence-corrected chi connectivity index (χ4v) is 3.67. The van der Waals surface area contributed by atoms with Crippen LogP contribution in [0.1, 0.15) is 16.5 Å². The van der Waals surface area contributed by atoms with Crippen LogP contribution in [0, 0.1) is 17.0 Å². The zero-order valence-corrected chi connectivity index (χ0v) is 12.7. The Hall–Kier alpha value is -2.34. The lowest BCUT2D eigenvalue weighted by molar-refractivity contribution is -0.384. The number of carbonyl (C=O) groups excluding carboxylic acids is 1. The van der Waals surface area contributed by atoms with Crippen molar-refractivity contribution >= 4 is 29.0 Å². The number of nitro groups is 1. The molecule has 1 aliphatic rings. The summed E-state index contributed by atoms with van der Waals surface area (Å²) in [7, 11) is 0. The van der Waals surface area contributed by atoms with Gasteiger partial charge in [-0.25, -0.2) is 0 Å². The molecule has 5 nitrogen and oxygen atoms in total. The van der Waals surface area contributed by atoms with Gasteiger partial charge in [-0.05, 0) is 42.3 Å². The van der Waals surface area contributed by atoms with Crippen LogP contribution in [-0.2, 0) is 4.79 Å². The van der Waals surface area contributed by atoms with Gasteiger partial charge in [-0.3, -0.25) is 19.8 Å². The number of anilines is 1. The molecule has 1 fully saturated rings.